The molecule has 0 unspecified atom stereocenters. The zero-order valence-electron chi connectivity index (χ0n) is 15.6. The number of carbonyl (C=O) groups excluding carboxylic acids is 1. The van der Waals surface area contributed by atoms with Crippen molar-refractivity contribution in [3.63, 3.8) is 0 Å². The Hall–Kier alpha value is -3.08. The Morgan fingerprint density at radius 3 is 2.59 bits per heavy atom. The quantitative estimate of drug-likeness (QED) is 0.674. The molecule has 1 fully saturated rings. The van der Waals surface area contributed by atoms with Gasteiger partial charge in [-0.05, 0) is 54.3 Å². The number of methoxy groups -OCH3 is 1. The minimum Gasteiger partial charge on any atom is -0.497 e. The third-order valence-electron chi connectivity index (χ3n) is 5.25. The van der Waals surface area contributed by atoms with Gasteiger partial charge in [0.1, 0.15) is 5.75 Å². The van der Waals surface area contributed by atoms with E-state index in [-0.39, 0.29) is 11.3 Å². The molecule has 5 heteroatoms. The summed E-state index contributed by atoms with van der Waals surface area (Å²) in [7, 11) is 3.53. The molecule has 1 saturated carbocycles. The summed E-state index contributed by atoms with van der Waals surface area (Å²) in [6.45, 7) is 0.575. The number of ether oxygens (including phenoxy) is 1. The lowest BCUT2D eigenvalue weighted by atomic mass is 9.94. The van der Waals surface area contributed by atoms with Crippen LogP contribution in [0.3, 0.4) is 0 Å². The van der Waals surface area contributed by atoms with E-state index in [1.165, 1.54) is 0 Å². The van der Waals surface area contributed by atoms with E-state index in [0.29, 0.717) is 6.54 Å². The molecule has 1 amide bonds. The maximum absolute atomic E-state index is 13.2. The fraction of sp³-hybridized carbons (Fsp3) is 0.273. The third-order valence-corrected chi connectivity index (χ3v) is 5.25. The van der Waals surface area contributed by atoms with E-state index in [0.717, 1.165) is 35.4 Å². The highest BCUT2D eigenvalue weighted by molar-refractivity contribution is 5.91. The fourth-order valence-corrected chi connectivity index (χ4v) is 3.59. The summed E-state index contributed by atoms with van der Waals surface area (Å²) in [5.74, 6) is 0.989. The molecule has 4 rings (SSSR count). The molecule has 1 heterocycles. The lowest BCUT2D eigenvalue weighted by molar-refractivity contribution is -0.133. The first-order valence-corrected chi connectivity index (χ1v) is 9.11. The first kappa shape index (κ1) is 17.3. The Morgan fingerprint density at radius 2 is 1.96 bits per heavy atom. The van der Waals surface area contributed by atoms with Crippen LogP contribution in [0.2, 0.25) is 0 Å². The molecule has 138 valence electrons. The van der Waals surface area contributed by atoms with Gasteiger partial charge in [0.2, 0.25) is 5.91 Å². The van der Waals surface area contributed by atoms with Gasteiger partial charge in [-0.15, -0.1) is 0 Å². The number of amides is 1. The van der Waals surface area contributed by atoms with Gasteiger partial charge < -0.3 is 9.64 Å². The molecular weight excluding hydrogens is 338 g/mol. The van der Waals surface area contributed by atoms with E-state index in [1.54, 1.807) is 13.3 Å². The summed E-state index contributed by atoms with van der Waals surface area (Å²) < 4.78 is 7.05. The van der Waals surface area contributed by atoms with Gasteiger partial charge in [0.05, 0.1) is 18.2 Å². The SMILES string of the molecule is COc1ccc(C2(C(=O)N(C)Cc3cccc(-n4cccn4)c3)CC2)cc1. The summed E-state index contributed by atoms with van der Waals surface area (Å²) in [6.07, 6.45) is 5.47. The van der Waals surface area contributed by atoms with Crippen LogP contribution >= 0.6 is 0 Å². The van der Waals surface area contributed by atoms with Gasteiger partial charge in [-0.2, -0.15) is 5.10 Å². The monoisotopic (exact) mass is 361 g/mol. The number of likely N-dealkylation sites (N-methyl/N-ethyl adjacent to an activating group) is 1. The second-order valence-electron chi connectivity index (χ2n) is 7.09. The highest BCUT2D eigenvalue weighted by atomic mass is 16.5. The van der Waals surface area contributed by atoms with Crippen LogP contribution in [-0.2, 0) is 16.8 Å². The number of nitrogens with zero attached hydrogens (tertiary/aromatic N) is 3. The van der Waals surface area contributed by atoms with Crippen molar-refractivity contribution in [1.29, 1.82) is 0 Å². The molecule has 1 aromatic heterocycles. The average Bonchev–Trinajstić information content (AvgIpc) is 3.33. The van der Waals surface area contributed by atoms with Gasteiger partial charge >= 0.3 is 0 Å². The smallest absolute Gasteiger partial charge is 0.233 e. The number of carbonyl (C=O) groups is 1. The zero-order chi connectivity index (χ0) is 18.9. The maximum Gasteiger partial charge on any atom is 0.233 e. The fourth-order valence-electron chi connectivity index (χ4n) is 3.59. The molecule has 0 bridgehead atoms. The lowest BCUT2D eigenvalue weighted by Crippen LogP contribution is -2.36. The Morgan fingerprint density at radius 1 is 1.19 bits per heavy atom. The molecule has 0 N–H and O–H groups in total. The van der Waals surface area contributed by atoms with Crippen molar-refractivity contribution in [2.45, 2.75) is 24.8 Å². The van der Waals surface area contributed by atoms with Crippen molar-refractivity contribution < 1.29 is 9.53 Å². The molecule has 1 aliphatic carbocycles. The first-order valence-electron chi connectivity index (χ1n) is 9.11. The van der Waals surface area contributed by atoms with Crippen LogP contribution in [0.25, 0.3) is 5.69 Å². The van der Waals surface area contributed by atoms with Crippen molar-refractivity contribution >= 4 is 5.91 Å². The normalized spacial score (nSPS) is 14.6. The Kier molecular flexibility index (Phi) is 4.44. The van der Waals surface area contributed by atoms with Crippen LogP contribution < -0.4 is 4.74 Å². The maximum atomic E-state index is 13.2. The Labute approximate surface area is 159 Å². The van der Waals surface area contributed by atoms with Crippen LogP contribution in [-0.4, -0.2) is 34.7 Å². The predicted octanol–water partition coefficient (Wildman–Crippen LogP) is 3.57. The molecule has 5 nitrogen and oxygen atoms in total. The van der Waals surface area contributed by atoms with Gasteiger partial charge in [0.25, 0.3) is 0 Å². The second-order valence-corrected chi connectivity index (χ2v) is 7.09. The summed E-state index contributed by atoms with van der Waals surface area (Å²) >= 11 is 0. The Balaban J connectivity index is 1.50. The lowest BCUT2D eigenvalue weighted by Gasteiger charge is -2.24. The third kappa shape index (κ3) is 3.33. The van der Waals surface area contributed by atoms with Gasteiger partial charge in [-0.1, -0.05) is 24.3 Å². The highest BCUT2D eigenvalue weighted by Gasteiger charge is 2.52. The number of hydrogen-bond donors (Lipinski definition) is 0. The predicted molar refractivity (Wildman–Crippen MR) is 104 cm³/mol. The van der Waals surface area contributed by atoms with Crippen molar-refractivity contribution in [3.05, 3.63) is 78.1 Å². The van der Waals surface area contributed by atoms with Crippen LogP contribution in [0, 0.1) is 0 Å². The van der Waals surface area contributed by atoms with Crippen molar-refractivity contribution in [2.24, 2.45) is 0 Å². The number of aromatic nitrogens is 2. The minimum absolute atomic E-state index is 0.178. The van der Waals surface area contributed by atoms with Gasteiger partial charge in [0.15, 0.2) is 0 Å². The number of rotatable bonds is 6. The molecule has 0 spiro atoms. The largest absolute Gasteiger partial charge is 0.497 e. The highest BCUT2D eigenvalue weighted by Crippen LogP contribution is 2.49. The number of hydrogen-bond acceptors (Lipinski definition) is 3. The molecular formula is C22H23N3O2. The Bertz CT molecular complexity index is 928. The summed E-state index contributed by atoms with van der Waals surface area (Å²) in [4.78, 5) is 15.0. The van der Waals surface area contributed by atoms with Crippen molar-refractivity contribution in [2.75, 3.05) is 14.2 Å². The summed E-state index contributed by atoms with van der Waals surface area (Å²) in [5, 5.41) is 4.27. The van der Waals surface area contributed by atoms with E-state index in [2.05, 4.69) is 11.2 Å². The molecule has 2 aromatic carbocycles. The minimum atomic E-state index is -0.374. The zero-order valence-corrected chi connectivity index (χ0v) is 15.6. The van der Waals surface area contributed by atoms with Crippen molar-refractivity contribution in [1.82, 2.24) is 14.7 Å². The van der Waals surface area contributed by atoms with Gasteiger partial charge in [0, 0.05) is 26.0 Å². The van der Waals surface area contributed by atoms with Crippen LogP contribution in [0.5, 0.6) is 5.75 Å². The molecule has 0 aliphatic heterocycles. The van der Waals surface area contributed by atoms with Crippen molar-refractivity contribution in [3.8, 4) is 11.4 Å². The molecule has 0 atom stereocenters. The van der Waals surface area contributed by atoms with Gasteiger partial charge in [-0.3, -0.25) is 4.79 Å². The molecule has 0 saturated heterocycles. The second kappa shape index (κ2) is 6.91. The van der Waals surface area contributed by atoms with Crippen LogP contribution in [0.15, 0.2) is 67.0 Å². The molecule has 27 heavy (non-hydrogen) atoms. The number of benzene rings is 2. The molecule has 0 radical (unpaired) electrons. The summed E-state index contributed by atoms with van der Waals surface area (Å²) in [5.41, 5.74) is 2.78. The first-order chi connectivity index (χ1) is 13.1. The van der Waals surface area contributed by atoms with E-state index >= 15 is 0 Å². The van der Waals surface area contributed by atoms with Crippen LogP contribution in [0.4, 0.5) is 0 Å². The van der Waals surface area contributed by atoms with E-state index in [1.807, 2.05) is 71.4 Å². The standard InChI is InChI=1S/C22H23N3O2/c1-24(16-17-5-3-6-19(15-17)25-14-4-13-23-25)21(26)22(11-12-22)18-7-9-20(27-2)10-8-18/h3-10,13-15H,11-12,16H2,1-2H3. The van der Waals surface area contributed by atoms with E-state index in [9.17, 15) is 4.79 Å². The van der Waals surface area contributed by atoms with Crippen LogP contribution in [0.1, 0.15) is 24.0 Å². The molecule has 3 aromatic rings. The summed E-state index contributed by atoms with van der Waals surface area (Å²) in [6, 6.07) is 17.9. The topological polar surface area (TPSA) is 47.4 Å². The molecule has 1 aliphatic rings. The van der Waals surface area contributed by atoms with E-state index in [4.69, 9.17) is 4.74 Å². The van der Waals surface area contributed by atoms with E-state index < -0.39 is 0 Å². The average molecular weight is 361 g/mol. The van der Waals surface area contributed by atoms with Gasteiger partial charge in [-0.25, -0.2) is 4.68 Å².